The molecule has 0 bridgehead atoms. The van der Waals surface area contributed by atoms with Gasteiger partial charge >= 0.3 is 25.0 Å². The molecule has 154 valence electrons. The van der Waals surface area contributed by atoms with Gasteiger partial charge in [-0.3, -0.25) is 4.79 Å². The van der Waals surface area contributed by atoms with Crippen LogP contribution in [0.4, 0.5) is 18.0 Å². The third kappa shape index (κ3) is 5.21. The summed E-state index contributed by atoms with van der Waals surface area (Å²) >= 11 is 0. The first-order valence-electron chi connectivity index (χ1n) is 8.41. The quantitative estimate of drug-likeness (QED) is 0.489. The Kier molecular flexibility index (Phi) is 7.41. The Morgan fingerprint density at radius 1 is 1.23 bits per heavy atom. The number of carboxylic acid groups (broad SMARTS) is 1. The fourth-order valence-corrected chi connectivity index (χ4v) is 2.80. The Hall–Kier alpha value is -2.97. The van der Waals surface area contributed by atoms with E-state index in [9.17, 15) is 27.9 Å². The third-order valence-corrected chi connectivity index (χ3v) is 4.10. The largest absolute Gasteiger partial charge is 1.00 e. The number of hydrogen-bond acceptors (Lipinski definition) is 7. The number of aromatic carboxylic acids is 1. The zero-order valence-corrected chi connectivity index (χ0v) is 16.4. The number of alkyl halides is 3. The summed E-state index contributed by atoms with van der Waals surface area (Å²) in [5.41, 5.74) is -1.52. The fraction of sp³-hybridized carbons (Fsp3) is 0.222. The van der Waals surface area contributed by atoms with E-state index in [0.717, 1.165) is 6.07 Å². The van der Waals surface area contributed by atoms with E-state index in [-0.39, 0.29) is 65.7 Å². The number of benzene rings is 1. The van der Waals surface area contributed by atoms with E-state index in [4.69, 9.17) is 17.0 Å². The maximum atomic E-state index is 13.1. The summed E-state index contributed by atoms with van der Waals surface area (Å²) in [6, 6.07) is 4.76. The molecular formula is C18H12BF3LiN3O5. The number of carbonyl (C=O) groups excluding carboxylic acids is 2. The molecule has 1 aromatic carbocycles. The second-order valence-corrected chi connectivity index (χ2v) is 6.03. The molecule has 0 unspecified atom stereocenters. The molecule has 1 N–H and O–H groups in total. The summed E-state index contributed by atoms with van der Waals surface area (Å²) in [6.07, 6.45) is -4.72. The van der Waals surface area contributed by atoms with Crippen LogP contribution in [0.25, 0.3) is 22.4 Å². The number of ether oxygens (including phenoxy) is 1. The van der Waals surface area contributed by atoms with E-state index in [2.05, 4.69) is 15.3 Å². The molecule has 2 radical (unpaired) electrons. The van der Waals surface area contributed by atoms with Crippen molar-refractivity contribution in [3.63, 3.8) is 0 Å². The zero-order chi connectivity index (χ0) is 22.1. The smallest absolute Gasteiger partial charge is 0.543 e. The molecular weight excluding hydrogens is 413 g/mol. The first-order chi connectivity index (χ1) is 14.1. The van der Waals surface area contributed by atoms with E-state index in [1.807, 2.05) is 0 Å². The van der Waals surface area contributed by atoms with Gasteiger partial charge in [0.2, 0.25) is 5.89 Å². The Balaban J connectivity index is 0.00000341. The molecule has 0 aliphatic rings. The number of rotatable bonds is 6. The van der Waals surface area contributed by atoms with Gasteiger partial charge in [0.1, 0.15) is 28.4 Å². The van der Waals surface area contributed by atoms with Gasteiger partial charge in [-0.05, 0) is 24.3 Å². The molecule has 3 rings (SSSR count). The van der Waals surface area contributed by atoms with Crippen LogP contribution in [0.5, 0.6) is 5.75 Å². The molecule has 3 aromatic rings. The summed E-state index contributed by atoms with van der Waals surface area (Å²) in [6.45, 7) is -0.0237. The number of fused-ring (bicyclic) bond motifs is 1. The topological polar surface area (TPSA) is 117 Å². The van der Waals surface area contributed by atoms with Gasteiger partial charge in [-0.2, -0.15) is 13.2 Å². The number of oxazole rings is 1. The second-order valence-electron chi connectivity index (χ2n) is 6.03. The van der Waals surface area contributed by atoms with Gasteiger partial charge in [0, 0.05) is 23.9 Å². The summed E-state index contributed by atoms with van der Waals surface area (Å²) in [4.78, 5) is 29.7. The number of carboxylic acids is 1. The molecule has 31 heavy (non-hydrogen) atoms. The van der Waals surface area contributed by atoms with Crippen LogP contribution < -0.4 is 34.0 Å². The fourth-order valence-electron chi connectivity index (χ4n) is 2.80. The number of nitrogens with one attached hydrogen (secondary N) is 1. The molecule has 0 aliphatic heterocycles. The monoisotopic (exact) mass is 425 g/mol. The van der Waals surface area contributed by atoms with E-state index in [1.165, 1.54) is 25.3 Å². The number of amides is 1. The minimum atomic E-state index is -4.67. The van der Waals surface area contributed by atoms with E-state index in [1.54, 1.807) is 0 Å². The first-order valence-corrected chi connectivity index (χ1v) is 8.41. The number of hydrogen-bond donors (Lipinski definition) is 1. The average Bonchev–Trinajstić information content (AvgIpc) is 3.10. The van der Waals surface area contributed by atoms with Crippen LogP contribution in [0, 0.1) is 0 Å². The first kappa shape index (κ1) is 24.3. The molecule has 0 atom stereocenters. The van der Waals surface area contributed by atoms with Gasteiger partial charge in [0.25, 0.3) is 0 Å². The van der Waals surface area contributed by atoms with Gasteiger partial charge in [0.15, 0.2) is 13.7 Å². The van der Waals surface area contributed by atoms with Crippen LogP contribution in [0.2, 0.25) is 0 Å². The van der Waals surface area contributed by atoms with Gasteiger partial charge in [0.05, 0.1) is 13.1 Å². The molecule has 1 amide bonds. The molecule has 8 nitrogen and oxygen atoms in total. The molecule has 0 spiro atoms. The molecule has 2 aromatic heterocycles. The van der Waals surface area contributed by atoms with E-state index in [0.29, 0.717) is 0 Å². The van der Waals surface area contributed by atoms with Crippen molar-refractivity contribution in [1.82, 2.24) is 15.3 Å². The van der Waals surface area contributed by atoms with Gasteiger partial charge in [-0.1, -0.05) is 0 Å². The Bertz CT molecular complexity index is 1140. The predicted octanol–water partition coefficient (Wildman–Crippen LogP) is -1.29. The Morgan fingerprint density at radius 3 is 2.52 bits per heavy atom. The summed E-state index contributed by atoms with van der Waals surface area (Å²) in [5, 5.41) is 13.9. The summed E-state index contributed by atoms with van der Waals surface area (Å²) in [7, 11) is 6.24. The Labute approximate surface area is 186 Å². The number of methoxy groups -OCH3 is 1. The minimum absolute atomic E-state index is 0. The SMILES string of the molecule is [B]C(=O)NCCc1oc(-c2ccc(OC)c3nc(C(F)(F)F)ccc23)nc1C(=O)[O-].[Li+]. The van der Waals surface area contributed by atoms with Crippen molar-refractivity contribution in [2.45, 2.75) is 12.6 Å². The number of pyridine rings is 1. The van der Waals surface area contributed by atoms with Crippen molar-refractivity contribution >= 4 is 30.5 Å². The van der Waals surface area contributed by atoms with Gasteiger partial charge < -0.3 is 24.4 Å². The molecule has 0 saturated carbocycles. The zero-order valence-electron chi connectivity index (χ0n) is 16.4. The van der Waals surface area contributed by atoms with E-state index < -0.39 is 29.3 Å². The Morgan fingerprint density at radius 2 is 1.94 bits per heavy atom. The van der Waals surface area contributed by atoms with Gasteiger partial charge in [-0.25, -0.2) is 9.97 Å². The van der Waals surface area contributed by atoms with Crippen LogP contribution in [0.1, 0.15) is 21.9 Å². The minimum Gasteiger partial charge on any atom is -0.543 e. The molecule has 13 heteroatoms. The third-order valence-electron chi connectivity index (χ3n) is 4.10. The van der Waals surface area contributed by atoms with Crippen molar-refractivity contribution in [2.75, 3.05) is 13.7 Å². The number of carbonyl (C=O) groups is 2. The average molecular weight is 425 g/mol. The van der Waals surface area contributed by atoms with Gasteiger partial charge in [-0.15, -0.1) is 0 Å². The van der Waals surface area contributed by atoms with Crippen LogP contribution >= 0.6 is 0 Å². The second kappa shape index (κ2) is 9.45. The maximum Gasteiger partial charge on any atom is 1.00 e. The van der Waals surface area contributed by atoms with Crippen molar-refractivity contribution in [3.05, 3.63) is 41.4 Å². The van der Waals surface area contributed by atoms with E-state index >= 15 is 0 Å². The van der Waals surface area contributed by atoms with Crippen LogP contribution in [0.3, 0.4) is 0 Å². The van der Waals surface area contributed by atoms with Crippen molar-refractivity contribution < 1.29 is 55.9 Å². The molecule has 0 fully saturated rings. The van der Waals surface area contributed by atoms with Crippen LogP contribution in [0.15, 0.2) is 28.7 Å². The van der Waals surface area contributed by atoms with Crippen LogP contribution in [-0.4, -0.2) is 43.2 Å². The standard InChI is InChI=1S/C18H13BF3N3O5.Li/c1-29-10-4-2-9(8-3-5-12(18(20,21)22)24-13(8)10)15-25-14(16(26)27)11(30-15)6-7-23-17(19)28;/h2-5H,6-7H2,1H3,(H,23,28)(H,26,27);/q;+1/p-1. The molecule has 0 aliphatic carbocycles. The normalized spacial score (nSPS) is 11.1. The maximum absolute atomic E-state index is 13.1. The molecule has 2 heterocycles. The summed E-state index contributed by atoms with van der Waals surface area (Å²) < 4.78 is 49.7. The summed E-state index contributed by atoms with van der Waals surface area (Å²) in [5.74, 6) is -2.61. The predicted molar refractivity (Wildman–Crippen MR) is 96.0 cm³/mol. The van der Waals surface area contributed by atoms with Crippen molar-refractivity contribution in [1.29, 1.82) is 0 Å². The van der Waals surface area contributed by atoms with Crippen LogP contribution in [-0.2, 0) is 12.6 Å². The number of halogens is 3. The van der Waals surface area contributed by atoms with Crippen molar-refractivity contribution in [2.24, 2.45) is 0 Å². The van der Waals surface area contributed by atoms with Crippen molar-refractivity contribution in [3.8, 4) is 17.2 Å². The number of nitrogens with zero attached hydrogens (tertiary/aromatic N) is 2. The molecule has 0 saturated heterocycles. The number of aromatic nitrogens is 2.